The van der Waals surface area contributed by atoms with E-state index >= 15 is 0 Å². The summed E-state index contributed by atoms with van der Waals surface area (Å²) in [5, 5.41) is 2.56. The minimum Gasteiger partial charge on any atom is -0.477 e. The molecule has 2 rings (SSSR count). The number of carbonyl (C=O) groups excluding carboxylic acids is 2. The summed E-state index contributed by atoms with van der Waals surface area (Å²) in [6.45, 7) is 4.25. The van der Waals surface area contributed by atoms with Gasteiger partial charge in [0.15, 0.2) is 6.10 Å². The van der Waals surface area contributed by atoms with E-state index in [4.69, 9.17) is 4.74 Å². The molecule has 108 valence electrons. The summed E-state index contributed by atoms with van der Waals surface area (Å²) in [7, 11) is 1.56. The van der Waals surface area contributed by atoms with E-state index in [1.54, 1.807) is 18.0 Å². The standard InChI is InChI=1S/C15H20N2O3/c1-10(2)8-14(18)17-9-13(15(19)16-3)20-12-7-5-4-6-11(12)17/h4-7,10,13H,8-9H2,1-3H3,(H,16,19)/t13-/m1/s1. The van der Waals surface area contributed by atoms with Crippen molar-refractivity contribution in [1.29, 1.82) is 0 Å². The highest BCUT2D eigenvalue weighted by molar-refractivity contribution is 5.97. The number of fused-ring (bicyclic) bond motifs is 1. The number of nitrogens with one attached hydrogen (secondary N) is 1. The fraction of sp³-hybridized carbons (Fsp3) is 0.467. The van der Waals surface area contributed by atoms with Crippen molar-refractivity contribution < 1.29 is 14.3 Å². The summed E-state index contributed by atoms with van der Waals surface area (Å²) in [6.07, 6.45) is -0.208. The molecule has 1 heterocycles. The molecule has 5 nitrogen and oxygen atoms in total. The zero-order chi connectivity index (χ0) is 14.7. The Balaban J connectivity index is 2.29. The third-order valence-electron chi connectivity index (χ3n) is 3.20. The molecule has 1 aliphatic rings. The van der Waals surface area contributed by atoms with Gasteiger partial charge < -0.3 is 15.0 Å². The zero-order valence-corrected chi connectivity index (χ0v) is 12.1. The molecular formula is C15H20N2O3. The number of ether oxygens (including phenoxy) is 1. The molecule has 20 heavy (non-hydrogen) atoms. The Kier molecular flexibility index (Phi) is 4.27. The summed E-state index contributed by atoms with van der Waals surface area (Å²) in [4.78, 5) is 25.8. The average molecular weight is 276 g/mol. The number of benzene rings is 1. The van der Waals surface area contributed by atoms with Crippen LogP contribution in [0.2, 0.25) is 0 Å². The summed E-state index contributed by atoms with van der Waals surface area (Å²) < 4.78 is 5.66. The van der Waals surface area contributed by atoms with Gasteiger partial charge in [0.1, 0.15) is 5.75 Å². The Morgan fingerprint density at radius 2 is 2.10 bits per heavy atom. The maximum atomic E-state index is 12.4. The molecule has 1 N–H and O–H groups in total. The van der Waals surface area contributed by atoms with Crippen molar-refractivity contribution in [1.82, 2.24) is 5.32 Å². The lowest BCUT2D eigenvalue weighted by atomic mass is 10.1. The third-order valence-corrected chi connectivity index (χ3v) is 3.20. The van der Waals surface area contributed by atoms with Gasteiger partial charge in [-0.15, -0.1) is 0 Å². The third kappa shape index (κ3) is 2.92. The van der Waals surface area contributed by atoms with Crippen molar-refractivity contribution in [3.63, 3.8) is 0 Å². The van der Waals surface area contributed by atoms with Crippen molar-refractivity contribution in [2.24, 2.45) is 5.92 Å². The number of hydrogen-bond acceptors (Lipinski definition) is 3. The lowest BCUT2D eigenvalue weighted by molar-refractivity contribution is -0.128. The van der Waals surface area contributed by atoms with Gasteiger partial charge >= 0.3 is 0 Å². The minimum atomic E-state index is -0.661. The van der Waals surface area contributed by atoms with Crippen LogP contribution in [0, 0.1) is 5.92 Å². The van der Waals surface area contributed by atoms with Crippen LogP contribution in [0.3, 0.4) is 0 Å². The molecular weight excluding hydrogens is 256 g/mol. The van der Waals surface area contributed by atoms with Crippen molar-refractivity contribution in [3.05, 3.63) is 24.3 Å². The van der Waals surface area contributed by atoms with Gasteiger partial charge in [0, 0.05) is 13.5 Å². The van der Waals surface area contributed by atoms with Crippen molar-refractivity contribution >= 4 is 17.5 Å². The molecule has 1 aromatic rings. The maximum absolute atomic E-state index is 12.4. The number of amides is 2. The Labute approximate surface area is 118 Å². The second kappa shape index (κ2) is 5.94. The summed E-state index contributed by atoms with van der Waals surface area (Å²) in [5.74, 6) is 0.645. The van der Waals surface area contributed by atoms with Gasteiger partial charge in [-0.25, -0.2) is 0 Å². The van der Waals surface area contributed by atoms with Crippen molar-refractivity contribution in [3.8, 4) is 5.75 Å². The Morgan fingerprint density at radius 1 is 1.40 bits per heavy atom. The van der Waals surface area contributed by atoms with Gasteiger partial charge in [-0.05, 0) is 18.1 Å². The first-order valence-electron chi connectivity index (χ1n) is 6.80. The zero-order valence-electron chi connectivity index (χ0n) is 12.1. The van der Waals surface area contributed by atoms with Crippen LogP contribution in [0.1, 0.15) is 20.3 Å². The van der Waals surface area contributed by atoms with Gasteiger partial charge in [0.25, 0.3) is 5.91 Å². The molecule has 0 saturated heterocycles. The van der Waals surface area contributed by atoms with Crippen LogP contribution in [0.4, 0.5) is 5.69 Å². The van der Waals surface area contributed by atoms with Crippen LogP contribution >= 0.6 is 0 Å². The van der Waals surface area contributed by atoms with Crippen molar-refractivity contribution in [2.45, 2.75) is 26.4 Å². The molecule has 0 aromatic heterocycles. The number of anilines is 1. The van der Waals surface area contributed by atoms with Crippen LogP contribution in [-0.4, -0.2) is 31.5 Å². The van der Waals surface area contributed by atoms with E-state index in [0.717, 1.165) is 5.69 Å². The first-order valence-corrected chi connectivity index (χ1v) is 6.80. The van der Waals surface area contributed by atoms with E-state index < -0.39 is 6.10 Å². The highest BCUT2D eigenvalue weighted by Gasteiger charge is 2.33. The lowest BCUT2D eigenvalue weighted by Crippen LogP contribution is -2.50. The quantitative estimate of drug-likeness (QED) is 0.911. The molecule has 0 unspecified atom stereocenters. The highest BCUT2D eigenvalue weighted by atomic mass is 16.5. The SMILES string of the molecule is CNC(=O)[C@H]1CN(C(=O)CC(C)C)c2ccccc2O1. The van der Waals surface area contributed by atoms with E-state index in [2.05, 4.69) is 5.32 Å². The Morgan fingerprint density at radius 3 is 2.75 bits per heavy atom. The molecule has 1 aromatic carbocycles. The van der Waals surface area contributed by atoms with Crippen molar-refractivity contribution in [2.75, 3.05) is 18.5 Å². The van der Waals surface area contributed by atoms with Crippen LogP contribution < -0.4 is 15.0 Å². The number of para-hydroxylation sites is 2. The largest absolute Gasteiger partial charge is 0.477 e. The predicted molar refractivity (Wildman–Crippen MR) is 76.7 cm³/mol. The number of hydrogen-bond donors (Lipinski definition) is 1. The highest BCUT2D eigenvalue weighted by Crippen LogP contribution is 2.33. The number of nitrogens with zero attached hydrogens (tertiary/aromatic N) is 1. The lowest BCUT2D eigenvalue weighted by Gasteiger charge is -2.34. The molecule has 0 radical (unpaired) electrons. The maximum Gasteiger partial charge on any atom is 0.262 e. The molecule has 1 atom stereocenters. The summed E-state index contributed by atoms with van der Waals surface area (Å²) >= 11 is 0. The monoisotopic (exact) mass is 276 g/mol. The molecule has 0 fully saturated rings. The van der Waals surface area contributed by atoms with E-state index in [1.165, 1.54) is 0 Å². The molecule has 0 saturated carbocycles. The number of likely N-dealkylation sites (N-methyl/N-ethyl adjacent to an activating group) is 1. The first kappa shape index (κ1) is 14.4. The van der Waals surface area contributed by atoms with Gasteiger partial charge in [0.05, 0.1) is 12.2 Å². The second-order valence-electron chi connectivity index (χ2n) is 5.29. The molecule has 0 spiro atoms. The van der Waals surface area contributed by atoms with Crippen LogP contribution in [0.15, 0.2) is 24.3 Å². The van der Waals surface area contributed by atoms with E-state index in [0.29, 0.717) is 12.2 Å². The van der Waals surface area contributed by atoms with Crippen LogP contribution in [-0.2, 0) is 9.59 Å². The minimum absolute atomic E-state index is 0.0182. The van der Waals surface area contributed by atoms with Gasteiger partial charge in [-0.1, -0.05) is 26.0 Å². The first-order chi connectivity index (χ1) is 9.52. The Hall–Kier alpha value is -2.04. The van der Waals surface area contributed by atoms with Crippen LogP contribution in [0.25, 0.3) is 0 Å². The molecule has 5 heteroatoms. The van der Waals surface area contributed by atoms with Gasteiger partial charge in [-0.2, -0.15) is 0 Å². The van der Waals surface area contributed by atoms with Gasteiger partial charge in [0.2, 0.25) is 5.91 Å². The fourth-order valence-electron chi connectivity index (χ4n) is 2.23. The Bertz CT molecular complexity index is 514. The van der Waals surface area contributed by atoms with E-state index in [-0.39, 0.29) is 24.3 Å². The predicted octanol–water partition coefficient (Wildman–Crippen LogP) is 1.57. The van der Waals surface area contributed by atoms with E-state index in [9.17, 15) is 9.59 Å². The van der Waals surface area contributed by atoms with Gasteiger partial charge in [-0.3, -0.25) is 9.59 Å². The molecule has 0 bridgehead atoms. The topological polar surface area (TPSA) is 58.6 Å². The average Bonchev–Trinajstić information content (AvgIpc) is 2.44. The summed E-state index contributed by atoms with van der Waals surface area (Å²) in [5.41, 5.74) is 0.735. The molecule has 1 aliphatic heterocycles. The van der Waals surface area contributed by atoms with E-state index in [1.807, 2.05) is 32.0 Å². The number of carbonyl (C=O) groups is 2. The summed E-state index contributed by atoms with van der Waals surface area (Å²) in [6, 6.07) is 7.31. The second-order valence-corrected chi connectivity index (χ2v) is 5.29. The van der Waals surface area contributed by atoms with Crippen LogP contribution in [0.5, 0.6) is 5.75 Å². The fourth-order valence-corrected chi connectivity index (χ4v) is 2.23. The molecule has 2 amide bonds. The number of rotatable bonds is 3. The smallest absolute Gasteiger partial charge is 0.262 e. The molecule has 0 aliphatic carbocycles. The normalized spacial score (nSPS) is 17.4.